The maximum atomic E-state index is 11.0. The number of rotatable bonds is 10. The van der Waals surface area contributed by atoms with E-state index < -0.39 is 10.0 Å². The summed E-state index contributed by atoms with van der Waals surface area (Å²) in [6, 6.07) is 0. The van der Waals surface area contributed by atoms with E-state index in [9.17, 15) is 8.42 Å². The minimum absolute atomic E-state index is 0. The molecular weight excluding hydrogens is 443 g/mol. The molecule has 0 aromatic heterocycles. The molecule has 0 heterocycles. The van der Waals surface area contributed by atoms with Crippen LogP contribution in [0, 0.1) is 0 Å². The number of nitrogens with zero attached hydrogens (tertiary/aromatic N) is 1. The lowest BCUT2D eigenvalue weighted by Crippen LogP contribution is -2.41. The maximum Gasteiger partial charge on any atom is 0.208 e. The highest BCUT2D eigenvalue weighted by Gasteiger charge is 2.12. The zero-order valence-corrected chi connectivity index (χ0v) is 18.0. The average Bonchev–Trinajstić information content (AvgIpc) is 2.51. The van der Waals surface area contributed by atoms with Gasteiger partial charge in [0.15, 0.2) is 5.96 Å². The Morgan fingerprint density at radius 2 is 1.88 bits per heavy atom. The van der Waals surface area contributed by atoms with Gasteiger partial charge in [-0.15, -0.1) is 24.0 Å². The molecule has 0 amide bonds. The van der Waals surface area contributed by atoms with Crippen molar-refractivity contribution >= 4 is 40.0 Å². The molecule has 0 atom stereocenters. The van der Waals surface area contributed by atoms with E-state index in [-0.39, 0.29) is 24.0 Å². The van der Waals surface area contributed by atoms with Crippen molar-refractivity contribution in [2.45, 2.75) is 51.6 Å². The van der Waals surface area contributed by atoms with Crippen molar-refractivity contribution in [2.24, 2.45) is 4.99 Å². The number of guanidine groups is 1. The van der Waals surface area contributed by atoms with Gasteiger partial charge in [0.25, 0.3) is 0 Å². The van der Waals surface area contributed by atoms with Crippen molar-refractivity contribution in [1.29, 1.82) is 0 Å². The number of ether oxygens (including phenoxy) is 1. The number of hydrogen-bond acceptors (Lipinski definition) is 4. The van der Waals surface area contributed by atoms with E-state index in [0.29, 0.717) is 31.7 Å². The Balaban J connectivity index is 0.00000529. The van der Waals surface area contributed by atoms with Crippen molar-refractivity contribution in [3.05, 3.63) is 0 Å². The fourth-order valence-corrected chi connectivity index (χ4v) is 2.97. The number of halogens is 1. The Kier molecular flexibility index (Phi) is 14.0. The van der Waals surface area contributed by atoms with Crippen LogP contribution < -0.4 is 15.4 Å². The second-order valence-electron chi connectivity index (χ2n) is 5.84. The summed E-state index contributed by atoms with van der Waals surface area (Å²) in [5.74, 6) is 0.709. The molecule has 0 saturated heterocycles. The van der Waals surface area contributed by atoms with Crippen LogP contribution in [0.1, 0.15) is 45.4 Å². The van der Waals surface area contributed by atoms with E-state index in [1.807, 2.05) is 6.92 Å². The van der Waals surface area contributed by atoms with Gasteiger partial charge in [-0.1, -0.05) is 19.3 Å². The predicted octanol–water partition coefficient (Wildman–Crippen LogP) is 1.45. The van der Waals surface area contributed by atoms with Gasteiger partial charge in [0.1, 0.15) is 0 Å². The largest absolute Gasteiger partial charge is 0.378 e. The van der Waals surface area contributed by atoms with Gasteiger partial charge in [-0.2, -0.15) is 0 Å². The van der Waals surface area contributed by atoms with Gasteiger partial charge in [0.2, 0.25) is 10.0 Å². The van der Waals surface area contributed by atoms with Gasteiger partial charge >= 0.3 is 0 Å². The van der Waals surface area contributed by atoms with Crippen molar-refractivity contribution in [1.82, 2.24) is 15.4 Å². The molecule has 0 bridgehead atoms. The molecule has 0 spiro atoms. The normalized spacial score (nSPS) is 16.5. The number of aliphatic imine (C=N–C) groups is 1. The summed E-state index contributed by atoms with van der Waals surface area (Å²) in [4.78, 5) is 4.47. The van der Waals surface area contributed by atoms with Crippen LogP contribution >= 0.6 is 24.0 Å². The minimum Gasteiger partial charge on any atom is -0.378 e. The third-order valence-corrected chi connectivity index (χ3v) is 4.33. The Labute approximate surface area is 163 Å². The van der Waals surface area contributed by atoms with E-state index in [1.54, 1.807) is 0 Å². The third-order valence-electron chi connectivity index (χ3n) is 3.60. The molecular formula is C15H33IN4O3S. The molecule has 1 aliphatic carbocycles. The van der Waals surface area contributed by atoms with Crippen molar-refractivity contribution in [3.8, 4) is 0 Å². The Bertz CT molecular complexity index is 440. The van der Waals surface area contributed by atoms with Gasteiger partial charge < -0.3 is 15.4 Å². The fraction of sp³-hybridized carbons (Fsp3) is 0.933. The molecule has 3 N–H and O–H groups in total. The maximum absolute atomic E-state index is 11.0. The lowest BCUT2D eigenvalue weighted by molar-refractivity contribution is 0.0281. The van der Waals surface area contributed by atoms with E-state index in [4.69, 9.17) is 4.74 Å². The van der Waals surface area contributed by atoms with Crippen LogP contribution in [-0.4, -0.2) is 59.5 Å². The second kappa shape index (κ2) is 14.1. The molecule has 1 fully saturated rings. The topological polar surface area (TPSA) is 91.8 Å². The van der Waals surface area contributed by atoms with Gasteiger partial charge in [-0.25, -0.2) is 13.1 Å². The van der Waals surface area contributed by atoms with E-state index in [0.717, 1.165) is 25.8 Å². The van der Waals surface area contributed by atoms with Gasteiger partial charge in [0.05, 0.1) is 12.4 Å². The van der Waals surface area contributed by atoms with Crippen LogP contribution in [0.4, 0.5) is 0 Å². The van der Waals surface area contributed by atoms with E-state index in [2.05, 4.69) is 20.3 Å². The molecule has 1 rings (SSSR count). The van der Waals surface area contributed by atoms with E-state index >= 15 is 0 Å². The predicted molar refractivity (Wildman–Crippen MR) is 110 cm³/mol. The van der Waals surface area contributed by atoms with Crippen LogP contribution in [0.15, 0.2) is 4.99 Å². The van der Waals surface area contributed by atoms with Crippen LogP contribution in [0.2, 0.25) is 0 Å². The SMILES string of the molecule is CCNC(=NCCCOC1CCCCC1)NCCNS(C)(=O)=O.I. The summed E-state index contributed by atoms with van der Waals surface area (Å²) in [6.07, 6.45) is 8.81. The number of hydrogen-bond donors (Lipinski definition) is 3. The monoisotopic (exact) mass is 476 g/mol. The minimum atomic E-state index is -3.14. The van der Waals surface area contributed by atoms with E-state index in [1.165, 1.54) is 32.1 Å². The summed E-state index contributed by atoms with van der Waals surface area (Å²) in [6.45, 7) is 5.05. The molecule has 144 valence electrons. The molecule has 0 radical (unpaired) electrons. The molecule has 0 aromatic rings. The first-order valence-electron chi connectivity index (χ1n) is 8.59. The highest BCUT2D eigenvalue weighted by atomic mass is 127. The van der Waals surface area contributed by atoms with Gasteiger partial charge in [-0.3, -0.25) is 4.99 Å². The lowest BCUT2D eigenvalue weighted by Gasteiger charge is -2.21. The highest BCUT2D eigenvalue weighted by Crippen LogP contribution is 2.20. The van der Waals surface area contributed by atoms with Crippen LogP contribution in [0.3, 0.4) is 0 Å². The molecule has 0 aromatic carbocycles. The van der Waals surface area contributed by atoms with Gasteiger partial charge in [-0.05, 0) is 26.2 Å². The Hall–Kier alpha value is -0.130. The standard InChI is InChI=1S/C15H32N4O3S.HI/c1-3-16-15(18-11-12-19-23(2,20)21)17-10-7-13-22-14-8-5-4-6-9-14;/h14,19H,3-13H2,1-2H3,(H2,16,17,18);1H. The van der Waals surface area contributed by atoms with Crippen molar-refractivity contribution in [2.75, 3.05) is 39.0 Å². The van der Waals surface area contributed by atoms with Crippen LogP contribution in [-0.2, 0) is 14.8 Å². The molecule has 0 aliphatic heterocycles. The zero-order chi connectivity index (χ0) is 17.0. The third kappa shape index (κ3) is 13.2. The quantitative estimate of drug-likeness (QED) is 0.192. The Morgan fingerprint density at radius 3 is 2.50 bits per heavy atom. The molecule has 24 heavy (non-hydrogen) atoms. The molecule has 9 heteroatoms. The van der Waals surface area contributed by atoms with Gasteiger partial charge in [0, 0.05) is 32.8 Å². The summed E-state index contributed by atoms with van der Waals surface area (Å²) in [7, 11) is -3.14. The molecule has 7 nitrogen and oxygen atoms in total. The smallest absolute Gasteiger partial charge is 0.208 e. The highest BCUT2D eigenvalue weighted by molar-refractivity contribution is 14.0. The van der Waals surface area contributed by atoms with Crippen LogP contribution in [0.25, 0.3) is 0 Å². The fourth-order valence-electron chi connectivity index (χ4n) is 2.50. The summed E-state index contributed by atoms with van der Waals surface area (Å²) in [5.41, 5.74) is 0. The number of nitrogens with one attached hydrogen (secondary N) is 3. The second-order valence-corrected chi connectivity index (χ2v) is 7.67. The molecule has 1 aliphatic rings. The van der Waals surface area contributed by atoms with Crippen molar-refractivity contribution < 1.29 is 13.2 Å². The zero-order valence-electron chi connectivity index (χ0n) is 14.8. The first-order chi connectivity index (χ1) is 11.0. The first-order valence-corrected chi connectivity index (χ1v) is 10.5. The van der Waals surface area contributed by atoms with Crippen LogP contribution in [0.5, 0.6) is 0 Å². The Morgan fingerprint density at radius 1 is 1.17 bits per heavy atom. The van der Waals surface area contributed by atoms with Crippen molar-refractivity contribution in [3.63, 3.8) is 0 Å². The first kappa shape index (κ1) is 23.9. The summed E-state index contributed by atoms with van der Waals surface area (Å²) >= 11 is 0. The molecule has 0 unspecified atom stereocenters. The average molecular weight is 476 g/mol. The lowest BCUT2D eigenvalue weighted by atomic mass is 9.98. The molecule has 1 saturated carbocycles. The number of sulfonamides is 1. The summed E-state index contributed by atoms with van der Waals surface area (Å²) in [5, 5.41) is 6.25. The summed E-state index contributed by atoms with van der Waals surface area (Å²) < 4.78 is 30.3.